The molecule has 2 aliphatic rings. The summed E-state index contributed by atoms with van der Waals surface area (Å²) in [4.78, 5) is 53.2. The number of carbonyl (C=O) groups is 3. The van der Waals surface area contributed by atoms with Gasteiger partial charge in [-0.25, -0.2) is 0 Å². The van der Waals surface area contributed by atoms with Crippen molar-refractivity contribution in [3.63, 3.8) is 0 Å². The van der Waals surface area contributed by atoms with Crippen LogP contribution in [-0.4, -0.2) is 103 Å². The van der Waals surface area contributed by atoms with Crippen LogP contribution in [0, 0.1) is 5.63 Å². The molecule has 4 rings (SSSR count). The Bertz CT molecular complexity index is 1330. The molecular weight excluding hydrogens is 547 g/mol. The van der Waals surface area contributed by atoms with Crippen LogP contribution in [-0.2, 0) is 18.8 Å². The number of aromatic nitrogens is 2. The molecule has 2 aliphatic heterocycles. The van der Waals surface area contributed by atoms with Gasteiger partial charge in [0.1, 0.15) is 0 Å². The van der Waals surface area contributed by atoms with Crippen LogP contribution in [0.5, 0.6) is 0 Å². The molecule has 2 aromatic rings. The first-order valence-electron chi connectivity index (χ1n) is 13.7. The first kappa shape index (κ1) is 30.2. The number of nitrogens with one attached hydrogen (secondary N) is 1. The molecule has 1 aromatic heterocycles. The van der Waals surface area contributed by atoms with Gasteiger partial charge in [-0.15, -0.1) is 0 Å². The first-order chi connectivity index (χ1) is 19.9. The van der Waals surface area contributed by atoms with Crippen molar-refractivity contribution in [2.45, 2.75) is 38.3 Å². The summed E-state index contributed by atoms with van der Waals surface area (Å²) in [7, 11) is 1.14. The number of hydrogen-bond acceptors (Lipinski definition) is 9. The Balaban J connectivity index is 1.48. The molecule has 0 saturated carbocycles. The van der Waals surface area contributed by atoms with Crippen LogP contribution in [0.4, 0.5) is 10.6 Å². The number of benzene rings is 1. The fraction of sp³-hybridized carbons (Fsp3) is 0.500. The molecule has 13 heteroatoms. The van der Waals surface area contributed by atoms with E-state index in [2.05, 4.69) is 15.9 Å². The van der Waals surface area contributed by atoms with E-state index in [9.17, 15) is 18.9 Å². The molecule has 2 fully saturated rings. The number of amides is 3. The zero-order valence-electron chi connectivity index (χ0n) is 23.3. The summed E-state index contributed by atoms with van der Waals surface area (Å²) in [5, 5.41) is 2.63. The predicted molar refractivity (Wildman–Crippen MR) is 152 cm³/mol. The van der Waals surface area contributed by atoms with Crippen LogP contribution < -0.4 is 10.2 Å². The molecule has 0 radical (unpaired) electrons. The SMILES string of the molecule is CCCCOC(=O)N1CCN(C(=O)[C@@H](C#P=O)NC(=O)c2cc(N3CC[C@H](OC)C3)nc(-c3ccccc3)n2)CC1. The quantitative estimate of drug-likeness (QED) is 0.350. The molecule has 2 saturated heterocycles. The van der Waals surface area contributed by atoms with Crippen LogP contribution in [0.1, 0.15) is 36.7 Å². The molecule has 2 atom stereocenters. The van der Waals surface area contributed by atoms with E-state index in [0.29, 0.717) is 44.4 Å². The van der Waals surface area contributed by atoms with Gasteiger partial charge in [0.15, 0.2) is 0 Å². The number of piperazine rings is 1. The third-order valence-corrected chi connectivity index (χ3v) is 7.42. The number of methoxy groups -OCH3 is 1. The summed E-state index contributed by atoms with van der Waals surface area (Å²) < 4.78 is 22.2. The summed E-state index contributed by atoms with van der Waals surface area (Å²) in [6.45, 7) is 4.78. The zero-order valence-corrected chi connectivity index (χ0v) is 24.2. The zero-order chi connectivity index (χ0) is 29.2. The van der Waals surface area contributed by atoms with Crippen molar-refractivity contribution >= 4 is 31.6 Å². The van der Waals surface area contributed by atoms with Gasteiger partial charge in [0.25, 0.3) is 0 Å². The van der Waals surface area contributed by atoms with Gasteiger partial charge in [0.2, 0.25) is 0 Å². The van der Waals surface area contributed by atoms with Crippen LogP contribution in [0.2, 0.25) is 0 Å². The summed E-state index contributed by atoms with van der Waals surface area (Å²) in [5.41, 5.74) is 3.30. The van der Waals surface area contributed by atoms with Crippen LogP contribution in [0.3, 0.4) is 0 Å². The normalized spacial score (nSPS) is 17.5. The van der Waals surface area contributed by atoms with E-state index in [1.807, 2.05) is 42.2 Å². The van der Waals surface area contributed by atoms with Gasteiger partial charge in [-0.1, -0.05) is 6.92 Å². The van der Waals surface area contributed by atoms with Gasteiger partial charge in [-0.3, -0.25) is 0 Å². The summed E-state index contributed by atoms with van der Waals surface area (Å²) in [6, 6.07) is 9.62. The third kappa shape index (κ3) is 7.94. The van der Waals surface area contributed by atoms with Crippen LogP contribution >= 0.6 is 7.92 Å². The fourth-order valence-corrected chi connectivity index (χ4v) is 4.93. The van der Waals surface area contributed by atoms with Crippen molar-refractivity contribution in [1.82, 2.24) is 25.1 Å². The Labute approximate surface area is 240 Å². The van der Waals surface area contributed by atoms with Crippen molar-refractivity contribution < 1.29 is 28.4 Å². The first-order valence-corrected chi connectivity index (χ1v) is 14.6. The molecule has 41 heavy (non-hydrogen) atoms. The average Bonchev–Trinajstić information content (AvgIpc) is 3.50. The molecule has 0 aliphatic carbocycles. The van der Waals surface area contributed by atoms with Gasteiger partial charge < -0.3 is 0 Å². The maximum absolute atomic E-state index is 13.4. The molecule has 1 N–H and O–H groups in total. The van der Waals surface area contributed by atoms with Crippen molar-refractivity contribution in [3.8, 4) is 17.0 Å². The molecule has 0 unspecified atom stereocenters. The molecule has 3 heterocycles. The second-order valence-electron chi connectivity index (χ2n) is 9.80. The van der Waals surface area contributed by atoms with Crippen molar-refractivity contribution in [1.29, 1.82) is 0 Å². The van der Waals surface area contributed by atoms with Gasteiger partial charge >= 0.3 is 234 Å². The van der Waals surface area contributed by atoms with Crippen LogP contribution in [0.25, 0.3) is 11.4 Å². The van der Waals surface area contributed by atoms with E-state index in [-0.39, 0.29) is 24.9 Å². The van der Waals surface area contributed by atoms with Crippen molar-refractivity contribution in [3.05, 3.63) is 42.1 Å². The van der Waals surface area contributed by atoms with E-state index >= 15 is 0 Å². The maximum atomic E-state index is 13.4. The van der Waals surface area contributed by atoms with Gasteiger partial charge in [0, 0.05) is 0 Å². The van der Waals surface area contributed by atoms with E-state index in [4.69, 9.17) is 14.5 Å². The van der Waals surface area contributed by atoms with Gasteiger partial charge in [0.05, 0.1) is 0 Å². The molecule has 218 valence electrons. The minimum atomic E-state index is -1.27. The molecule has 1 aromatic carbocycles. The average molecular weight is 583 g/mol. The molecular formula is C28H35N6O6P. The number of nitrogens with zero attached hydrogens (tertiary/aromatic N) is 5. The second-order valence-corrected chi connectivity index (χ2v) is 10.2. The number of unbranched alkanes of at least 4 members (excludes halogenated alkanes) is 1. The predicted octanol–water partition coefficient (Wildman–Crippen LogP) is 2.80. The third-order valence-electron chi connectivity index (χ3n) is 7.06. The number of rotatable bonds is 9. The Hall–Kier alpha value is -3.72. The number of ether oxygens (including phenoxy) is 2. The van der Waals surface area contributed by atoms with E-state index in [0.717, 1.165) is 24.8 Å². The summed E-state index contributed by atoms with van der Waals surface area (Å²) in [6.07, 6.45) is 2.19. The van der Waals surface area contributed by atoms with Gasteiger partial charge in [-0.05, 0) is 0 Å². The number of carbonyl (C=O) groups excluding carboxylic acids is 3. The monoisotopic (exact) mass is 582 g/mol. The van der Waals surface area contributed by atoms with Crippen LogP contribution in [0.15, 0.2) is 36.4 Å². The Morgan fingerprint density at radius 2 is 1.83 bits per heavy atom. The molecule has 12 nitrogen and oxygen atoms in total. The fourth-order valence-electron chi connectivity index (χ4n) is 4.65. The van der Waals surface area contributed by atoms with Crippen molar-refractivity contribution in [2.75, 3.05) is 57.9 Å². The number of hydrogen-bond donors (Lipinski definition) is 1. The van der Waals surface area contributed by atoms with Gasteiger partial charge in [-0.2, -0.15) is 0 Å². The van der Waals surface area contributed by atoms with Crippen molar-refractivity contribution in [2.24, 2.45) is 0 Å². The topological polar surface area (TPSA) is 134 Å². The number of anilines is 1. The molecule has 3 amide bonds. The van der Waals surface area contributed by atoms with E-state index in [1.165, 1.54) is 4.90 Å². The summed E-state index contributed by atoms with van der Waals surface area (Å²) >= 11 is 0. The molecule has 0 bridgehead atoms. The minimum absolute atomic E-state index is 0.0587. The molecule has 0 spiro atoms. The Morgan fingerprint density at radius 1 is 1.10 bits per heavy atom. The second kappa shape index (κ2) is 14.8. The Morgan fingerprint density at radius 3 is 2.49 bits per heavy atom. The summed E-state index contributed by atoms with van der Waals surface area (Å²) in [5.74, 6) is -0.154. The van der Waals surface area contributed by atoms with E-state index < -0.39 is 31.9 Å². The van der Waals surface area contributed by atoms with E-state index in [1.54, 1.807) is 18.1 Å². The Kier molecular flexibility index (Phi) is 10.9. The standard InChI is InChI=1S/C28H35N6O6P/c1-3-4-16-40-28(37)33-14-12-32(13-15-33)27(36)23(19-41-38)30-26(35)22-17-24(34-11-10-21(18-34)39-2)31-25(29-22)20-8-6-5-7-9-20/h5-9,17,21,23H,3-4,10-16,18H2,1-2H3,(H,30,35)/t21-,23+/m0/s1.